The van der Waals surface area contributed by atoms with Crippen molar-refractivity contribution >= 4 is 17.6 Å². The Morgan fingerprint density at radius 3 is 2.63 bits per heavy atom. The van der Waals surface area contributed by atoms with Gasteiger partial charge in [0.1, 0.15) is 5.54 Å². The summed E-state index contributed by atoms with van der Waals surface area (Å²) in [5.74, 6) is 0.628. The van der Waals surface area contributed by atoms with Crippen LogP contribution in [0.1, 0.15) is 20.8 Å². The number of guanidine groups is 1. The summed E-state index contributed by atoms with van der Waals surface area (Å²) in [4.78, 5) is 18.4. The van der Waals surface area contributed by atoms with Crippen LogP contribution in [0.15, 0.2) is 47.5 Å². The molecule has 0 aromatic heterocycles. The topological polar surface area (TPSA) is 44.7 Å². The fourth-order valence-electron chi connectivity index (χ4n) is 1.93. The number of carbonyl (C=O) groups excluding carboxylic acids is 1. The first-order chi connectivity index (χ1) is 9.04. The van der Waals surface area contributed by atoms with E-state index in [1.807, 2.05) is 63.3 Å². The maximum absolute atomic E-state index is 12.3. The largest absolute Gasteiger partial charge is 0.326 e. The lowest BCUT2D eigenvalue weighted by molar-refractivity contribution is -0.129. The standard InChI is InChI=1S/C15H19N3O/c1-4-5-11-18-13(19)15(2,3)17-14(18)16-12-9-7-6-8-10-12/h4-10H,11H2,1-3H3,(H,16,17). The van der Waals surface area contributed by atoms with Crippen LogP contribution in [0.2, 0.25) is 0 Å². The summed E-state index contributed by atoms with van der Waals surface area (Å²) in [5, 5.41) is 3.21. The van der Waals surface area contributed by atoms with E-state index in [2.05, 4.69) is 10.3 Å². The van der Waals surface area contributed by atoms with Gasteiger partial charge in [0.25, 0.3) is 5.91 Å². The van der Waals surface area contributed by atoms with Crippen LogP contribution in [0.5, 0.6) is 0 Å². The fourth-order valence-corrected chi connectivity index (χ4v) is 1.93. The molecule has 1 aromatic carbocycles. The van der Waals surface area contributed by atoms with E-state index < -0.39 is 5.54 Å². The van der Waals surface area contributed by atoms with Gasteiger partial charge in [-0.1, -0.05) is 30.4 Å². The van der Waals surface area contributed by atoms with Crippen LogP contribution in [0.3, 0.4) is 0 Å². The smallest absolute Gasteiger partial charge is 0.257 e. The predicted molar refractivity (Wildman–Crippen MR) is 78.1 cm³/mol. The Morgan fingerprint density at radius 1 is 1.32 bits per heavy atom. The van der Waals surface area contributed by atoms with Gasteiger partial charge in [-0.3, -0.25) is 9.69 Å². The average Bonchev–Trinajstić information content (AvgIpc) is 2.59. The minimum Gasteiger partial charge on any atom is -0.326 e. The molecule has 0 radical (unpaired) electrons. The van der Waals surface area contributed by atoms with Crippen molar-refractivity contribution in [3.05, 3.63) is 42.5 Å². The lowest BCUT2D eigenvalue weighted by atomic mass is 10.1. The van der Waals surface area contributed by atoms with Gasteiger partial charge in [-0.25, -0.2) is 4.99 Å². The van der Waals surface area contributed by atoms with Gasteiger partial charge in [0.15, 0.2) is 0 Å². The number of nitrogens with zero attached hydrogens (tertiary/aromatic N) is 2. The number of aliphatic imine (C=N–C) groups is 1. The molecule has 1 aliphatic rings. The average molecular weight is 257 g/mol. The zero-order valence-corrected chi connectivity index (χ0v) is 11.6. The molecule has 100 valence electrons. The molecule has 0 spiro atoms. The predicted octanol–water partition coefficient (Wildman–Crippen LogP) is 2.65. The summed E-state index contributed by atoms with van der Waals surface area (Å²) in [5.41, 5.74) is 0.232. The van der Waals surface area contributed by atoms with Crippen molar-refractivity contribution < 1.29 is 4.79 Å². The highest BCUT2D eigenvalue weighted by atomic mass is 16.2. The van der Waals surface area contributed by atoms with E-state index in [-0.39, 0.29) is 5.91 Å². The molecule has 1 heterocycles. The van der Waals surface area contributed by atoms with Crippen LogP contribution < -0.4 is 5.32 Å². The Morgan fingerprint density at radius 2 is 2.00 bits per heavy atom. The van der Waals surface area contributed by atoms with Crippen LogP contribution >= 0.6 is 0 Å². The molecule has 19 heavy (non-hydrogen) atoms. The van der Waals surface area contributed by atoms with Crippen molar-refractivity contribution in [2.45, 2.75) is 26.3 Å². The Bertz CT molecular complexity index is 517. The Kier molecular flexibility index (Phi) is 3.69. The molecule has 0 atom stereocenters. The molecule has 4 heteroatoms. The Labute approximate surface area is 113 Å². The first-order valence-corrected chi connectivity index (χ1v) is 6.39. The number of nitrogens with one attached hydrogen (secondary N) is 1. The first-order valence-electron chi connectivity index (χ1n) is 6.39. The summed E-state index contributed by atoms with van der Waals surface area (Å²) in [6, 6.07) is 9.74. The minimum atomic E-state index is -0.696. The lowest BCUT2D eigenvalue weighted by Crippen LogP contribution is -2.41. The number of hydrogen-bond acceptors (Lipinski definition) is 3. The summed E-state index contributed by atoms with van der Waals surface area (Å²) < 4.78 is 0. The maximum atomic E-state index is 12.3. The third-order valence-electron chi connectivity index (χ3n) is 2.96. The lowest BCUT2D eigenvalue weighted by Gasteiger charge is -2.19. The molecule has 2 rings (SSSR count). The summed E-state index contributed by atoms with van der Waals surface area (Å²) in [7, 11) is 0. The Balaban J connectivity index is 2.22. The van der Waals surface area contributed by atoms with Gasteiger partial charge in [-0.05, 0) is 32.9 Å². The van der Waals surface area contributed by atoms with Crippen molar-refractivity contribution in [2.24, 2.45) is 4.99 Å². The van der Waals surface area contributed by atoms with Gasteiger partial charge in [-0.15, -0.1) is 0 Å². The van der Waals surface area contributed by atoms with E-state index in [0.29, 0.717) is 12.5 Å². The van der Waals surface area contributed by atoms with E-state index in [0.717, 1.165) is 5.69 Å². The highest BCUT2D eigenvalue weighted by Gasteiger charge is 2.40. The van der Waals surface area contributed by atoms with Gasteiger partial charge < -0.3 is 5.32 Å². The number of benzene rings is 1. The third-order valence-corrected chi connectivity index (χ3v) is 2.96. The number of rotatable bonds is 3. The van der Waals surface area contributed by atoms with Gasteiger partial charge in [-0.2, -0.15) is 0 Å². The molecule has 1 N–H and O–H groups in total. The highest BCUT2D eigenvalue weighted by molar-refractivity contribution is 6.12. The van der Waals surface area contributed by atoms with Crippen molar-refractivity contribution in [2.75, 3.05) is 11.9 Å². The minimum absolute atomic E-state index is 0.0176. The number of allylic oxidation sites excluding steroid dienone is 1. The van der Waals surface area contributed by atoms with E-state index in [1.54, 1.807) is 4.90 Å². The SMILES string of the molecule is CC=CCN1C(=O)C(C)(C)N=C1Nc1ccccc1. The molecule has 1 amide bonds. The van der Waals surface area contributed by atoms with Gasteiger partial charge >= 0.3 is 0 Å². The zero-order chi connectivity index (χ0) is 13.9. The molecular weight excluding hydrogens is 238 g/mol. The van der Waals surface area contributed by atoms with Crippen LogP contribution in [0.25, 0.3) is 0 Å². The second kappa shape index (κ2) is 5.26. The van der Waals surface area contributed by atoms with Gasteiger partial charge in [0, 0.05) is 12.2 Å². The summed E-state index contributed by atoms with van der Waals surface area (Å²) in [6.45, 7) is 6.14. The third kappa shape index (κ3) is 2.84. The van der Waals surface area contributed by atoms with Crippen LogP contribution in [0.4, 0.5) is 5.69 Å². The number of para-hydroxylation sites is 1. The molecule has 4 nitrogen and oxygen atoms in total. The fraction of sp³-hybridized carbons (Fsp3) is 0.333. The summed E-state index contributed by atoms with van der Waals surface area (Å²) in [6.07, 6.45) is 3.88. The van der Waals surface area contributed by atoms with Crippen molar-refractivity contribution in [1.29, 1.82) is 0 Å². The molecule has 0 aliphatic carbocycles. The molecule has 0 saturated carbocycles. The van der Waals surface area contributed by atoms with Crippen LogP contribution in [-0.2, 0) is 4.79 Å². The van der Waals surface area contributed by atoms with E-state index in [4.69, 9.17) is 0 Å². The van der Waals surface area contributed by atoms with Gasteiger partial charge in [0.05, 0.1) is 0 Å². The molecular formula is C15H19N3O. The molecule has 0 bridgehead atoms. The van der Waals surface area contributed by atoms with E-state index >= 15 is 0 Å². The van der Waals surface area contributed by atoms with Crippen molar-refractivity contribution in [1.82, 2.24) is 4.90 Å². The molecule has 1 aliphatic heterocycles. The second-order valence-corrected chi connectivity index (χ2v) is 4.97. The molecule has 0 unspecified atom stereocenters. The monoisotopic (exact) mass is 257 g/mol. The quantitative estimate of drug-likeness (QED) is 0.846. The normalized spacial score (nSPS) is 17.9. The Hall–Kier alpha value is -2.10. The van der Waals surface area contributed by atoms with Gasteiger partial charge in [0.2, 0.25) is 5.96 Å². The number of carbonyl (C=O) groups is 1. The first kappa shape index (κ1) is 13.3. The summed E-state index contributed by atoms with van der Waals surface area (Å²) >= 11 is 0. The molecule has 0 saturated heterocycles. The number of hydrogen-bond donors (Lipinski definition) is 1. The molecule has 0 fully saturated rings. The van der Waals surface area contributed by atoms with Crippen LogP contribution in [-0.4, -0.2) is 28.9 Å². The zero-order valence-electron chi connectivity index (χ0n) is 11.6. The highest BCUT2D eigenvalue weighted by Crippen LogP contribution is 2.22. The number of amides is 1. The van der Waals surface area contributed by atoms with E-state index in [1.165, 1.54) is 0 Å². The second-order valence-electron chi connectivity index (χ2n) is 4.97. The maximum Gasteiger partial charge on any atom is 0.257 e. The van der Waals surface area contributed by atoms with E-state index in [9.17, 15) is 4.79 Å². The van der Waals surface area contributed by atoms with Crippen molar-refractivity contribution in [3.8, 4) is 0 Å². The van der Waals surface area contributed by atoms with Crippen LogP contribution in [0, 0.1) is 0 Å². The number of anilines is 1. The molecule has 1 aromatic rings. The van der Waals surface area contributed by atoms with Crippen molar-refractivity contribution in [3.63, 3.8) is 0 Å².